The van der Waals surface area contributed by atoms with Crippen molar-refractivity contribution in [2.45, 2.75) is 6.42 Å². The van der Waals surface area contributed by atoms with E-state index in [1.165, 1.54) is 0 Å². The Bertz CT molecular complexity index is 1090. The number of aromatic amines is 1. The summed E-state index contributed by atoms with van der Waals surface area (Å²) >= 11 is 4.54. The maximum absolute atomic E-state index is 12.4. The summed E-state index contributed by atoms with van der Waals surface area (Å²) in [6.45, 7) is 0. The van der Waals surface area contributed by atoms with E-state index >= 15 is 0 Å². The predicted molar refractivity (Wildman–Crippen MR) is 103 cm³/mol. The number of amides is 1. The van der Waals surface area contributed by atoms with Gasteiger partial charge in [0.15, 0.2) is 11.5 Å². The van der Waals surface area contributed by atoms with Gasteiger partial charge in [-0.3, -0.25) is 9.59 Å². The third-order valence-corrected chi connectivity index (χ3v) is 5.26. The quantitative estimate of drug-likeness (QED) is 0.473. The van der Waals surface area contributed by atoms with Gasteiger partial charge >= 0.3 is 5.97 Å². The molecule has 10 heteroatoms. The summed E-state index contributed by atoms with van der Waals surface area (Å²) in [6.07, 6.45) is 0.122. The maximum Gasteiger partial charge on any atom is 0.358 e. The van der Waals surface area contributed by atoms with E-state index in [-0.39, 0.29) is 18.2 Å². The number of aromatic nitrogens is 2. The summed E-state index contributed by atoms with van der Waals surface area (Å²) < 4.78 is 0.807. The van der Waals surface area contributed by atoms with E-state index in [9.17, 15) is 19.5 Å². The highest BCUT2D eigenvalue weighted by Gasteiger charge is 2.20. The number of aromatic hydroxyl groups is 1. The molecule has 3 rings (SSSR count). The highest BCUT2D eigenvalue weighted by atomic mass is 79.9. The van der Waals surface area contributed by atoms with Crippen molar-refractivity contribution in [3.63, 3.8) is 0 Å². The number of hydrogen-bond acceptors (Lipinski definition) is 6. The SMILES string of the molecule is O=C(Cc1ccccc1Br)Nc1ccsc1-c1nc(C(=O)O)c(O)c(=O)[nH]1. The maximum atomic E-state index is 12.4. The van der Waals surface area contributed by atoms with Crippen LogP contribution in [0.3, 0.4) is 0 Å². The van der Waals surface area contributed by atoms with Crippen LogP contribution in [-0.2, 0) is 11.2 Å². The fraction of sp³-hybridized carbons (Fsp3) is 0.0588. The Kier molecular flexibility index (Phi) is 5.38. The number of anilines is 1. The molecule has 0 aliphatic heterocycles. The number of carboxylic acid groups (broad SMARTS) is 1. The summed E-state index contributed by atoms with van der Waals surface area (Å²) in [6, 6.07) is 8.93. The topological polar surface area (TPSA) is 132 Å². The molecule has 138 valence electrons. The molecule has 0 unspecified atom stereocenters. The Morgan fingerprint density at radius 3 is 2.70 bits per heavy atom. The van der Waals surface area contributed by atoms with Gasteiger partial charge in [0.1, 0.15) is 0 Å². The molecule has 0 saturated carbocycles. The van der Waals surface area contributed by atoms with E-state index in [0.717, 1.165) is 21.4 Å². The minimum absolute atomic E-state index is 0.0543. The summed E-state index contributed by atoms with van der Waals surface area (Å²) in [5.41, 5.74) is -0.553. The number of carbonyl (C=O) groups is 2. The van der Waals surface area contributed by atoms with Gasteiger partial charge in [-0.2, -0.15) is 0 Å². The van der Waals surface area contributed by atoms with Crippen molar-refractivity contribution in [3.8, 4) is 16.5 Å². The van der Waals surface area contributed by atoms with Crippen molar-refractivity contribution in [1.82, 2.24) is 9.97 Å². The molecule has 0 atom stereocenters. The molecule has 0 aliphatic carbocycles. The highest BCUT2D eigenvalue weighted by Crippen LogP contribution is 2.32. The molecule has 3 aromatic rings. The van der Waals surface area contributed by atoms with Crippen LogP contribution < -0.4 is 10.9 Å². The van der Waals surface area contributed by atoms with Gasteiger partial charge in [0.2, 0.25) is 11.7 Å². The monoisotopic (exact) mass is 449 g/mol. The lowest BCUT2D eigenvalue weighted by atomic mass is 10.1. The molecule has 0 aliphatic rings. The molecule has 0 saturated heterocycles. The van der Waals surface area contributed by atoms with Gasteiger partial charge in [0, 0.05) is 4.47 Å². The van der Waals surface area contributed by atoms with Crippen molar-refractivity contribution < 1.29 is 19.8 Å². The van der Waals surface area contributed by atoms with Crippen LogP contribution in [-0.4, -0.2) is 32.1 Å². The minimum Gasteiger partial charge on any atom is -0.501 e. The minimum atomic E-state index is -1.53. The number of hydrogen-bond donors (Lipinski definition) is 4. The van der Waals surface area contributed by atoms with E-state index < -0.39 is 23.0 Å². The largest absolute Gasteiger partial charge is 0.501 e. The highest BCUT2D eigenvalue weighted by molar-refractivity contribution is 9.10. The molecule has 1 aromatic carbocycles. The van der Waals surface area contributed by atoms with E-state index in [1.54, 1.807) is 11.4 Å². The van der Waals surface area contributed by atoms with Gasteiger partial charge < -0.3 is 20.5 Å². The fourth-order valence-electron chi connectivity index (χ4n) is 2.32. The van der Waals surface area contributed by atoms with E-state index in [0.29, 0.717) is 10.6 Å². The van der Waals surface area contributed by atoms with Crippen LogP contribution in [0.2, 0.25) is 0 Å². The average molecular weight is 450 g/mol. The first-order chi connectivity index (χ1) is 12.9. The molecule has 27 heavy (non-hydrogen) atoms. The lowest BCUT2D eigenvalue weighted by Crippen LogP contribution is -2.17. The number of carboxylic acids is 1. The van der Waals surface area contributed by atoms with Gasteiger partial charge in [-0.25, -0.2) is 9.78 Å². The standard InChI is InChI=1S/C17H12BrN3O5S/c18-9-4-2-1-3-8(9)7-11(22)19-10-5-6-27-14(10)15-20-12(17(25)26)13(23)16(24)21-15/h1-6,23H,7H2,(H,19,22)(H,25,26)(H,20,21,24). The number of thiophene rings is 1. The number of nitrogens with one attached hydrogen (secondary N) is 2. The second-order valence-electron chi connectivity index (χ2n) is 5.40. The van der Waals surface area contributed by atoms with Crippen LogP contribution in [0.25, 0.3) is 10.7 Å². The molecule has 0 fully saturated rings. The van der Waals surface area contributed by atoms with Gasteiger partial charge in [0.05, 0.1) is 17.0 Å². The first kappa shape index (κ1) is 18.8. The Labute approximate surface area is 164 Å². The first-order valence-electron chi connectivity index (χ1n) is 7.54. The average Bonchev–Trinajstić information content (AvgIpc) is 3.07. The predicted octanol–water partition coefficient (Wildman–Crippen LogP) is 2.85. The summed E-state index contributed by atoms with van der Waals surface area (Å²) in [4.78, 5) is 41.8. The molecule has 4 N–H and O–H groups in total. The van der Waals surface area contributed by atoms with Crippen LogP contribution in [0.1, 0.15) is 16.1 Å². The van der Waals surface area contributed by atoms with Crippen LogP contribution in [0, 0.1) is 0 Å². The molecular weight excluding hydrogens is 438 g/mol. The Balaban J connectivity index is 1.89. The smallest absolute Gasteiger partial charge is 0.358 e. The molecule has 0 spiro atoms. The molecule has 0 radical (unpaired) electrons. The Hall–Kier alpha value is -2.98. The van der Waals surface area contributed by atoms with E-state index in [4.69, 9.17) is 5.11 Å². The van der Waals surface area contributed by atoms with E-state index in [2.05, 4.69) is 31.2 Å². The van der Waals surface area contributed by atoms with Crippen molar-refractivity contribution in [2.24, 2.45) is 0 Å². The van der Waals surface area contributed by atoms with Crippen LogP contribution >= 0.6 is 27.3 Å². The van der Waals surface area contributed by atoms with Crippen molar-refractivity contribution in [3.05, 3.63) is 61.8 Å². The van der Waals surface area contributed by atoms with Gasteiger partial charge in [-0.15, -0.1) is 11.3 Å². The summed E-state index contributed by atoms with van der Waals surface area (Å²) in [7, 11) is 0. The van der Waals surface area contributed by atoms with Crippen molar-refractivity contribution in [1.29, 1.82) is 0 Å². The number of carbonyl (C=O) groups excluding carboxylic acids is 1. The number of H-pyrrole nitrogens is 1. The summed E-state index contributed by atoms with van der Waals surface area (Å²) in [5, 5.41) is 23.0. The molecule has 2 heterocycles. The summed E-state index contributed by atoms with van der Waals surface area (Å²) in [5.74, 6) is -2.85. The zero-order valence-corrected chi connectivity index (χ0v) is 15.9. The number of halogens is 1. The van der Waals surface area contributed by atoms with E-state index in [1.807, 2.05) is 24.3 Å². The second kappa shape index (κ2) is 7.72. The van der Waals surface area contributed by atoms with Gasteiger partial charge in [-0.1, -0.05) is 34.1 Å². The van der Waals surface area contributed by atoms with Crippen LogP contribution in [0.15, 0.2) is 45.0 Å². The zero-order valence-electron chi connectivity index (χ0n) is 13.5. The molecule has 0 bridgehead atoms. The number of nitrogens with zero attached hydrogens (tertiary/aromatic N) is 1. The Morgan fingerprint density at radius 1 is 1.26 bits per heavy atom. The lowest BCUT2D eigenvalue weighted by molar-refractivity contribution is -0.115. The van der Waals surface area contributed by atoms with Crippen molar-refractivity contribution >= 4 is 44.8 Å². The third-order valence-electron chi connectivity index (χ3n) is 3.56. The normalized spacial score (nSPS) is 10.6. The van der Waals surface area contributed by atoms with Crippen LogP contribution in [0.5, 0.6) is 5.75 Å². The second-order valence-corrected chi connectivity index (χ2v) is 7.17. The molecule has 2 aromatic heterocycles. The van der Waals surface area contributed by atoms with Gasteiger partial charge in [-0.05, 0) is 23.1 Å². The molecular formula is C17H12BrN3O5S. The molecule has 1 amide bonds. The van der Waals surface area contributed by atoms with Crippen molar-refractivity contribution in [2.75, 3.05) is 5.32 Å². The number of rotatable bonds is 5. The fourth-order valence-corrected chi connectivity index (χ4v) is 3.54. The van der Waals surface area contributed by atoms with Gasteiger partial charge in [0.25, 0.3) is 5.56 Å². The third kappa shape index (κ3) is 4.07. The number of benzene rings is 1. The first-order valence-corrected chi connectivity index (χ1v) is 9.21. The molecule has 8 nitrogen and oxygen atoms in total. The van der Waals surface area contributed by atoms with Crippen LogP contribution in [0.4, 0.5) is 5.69 Å². The zero-order chi connectivity index (χ0) is 19.6. The lowest BCUT2D eigenvalue weighted by Gasteiger charge is -2.08. The number of aromatic carboxylic acids is 1. The Morgan fingerprint density at radius 2 is 2.00 bits per heavy atom.